The number of rotatable bonds is 8. The summed E-state index contributed by atoms with van der Waals surface area (Å²) in [7, 11) is 0. The average molecular weight is 526 g/mol. The lowest BCUT2D eigenvalue weighted by Gasteiger charge is -2.38. The maximum atomic E-state index is 12.9. The molecule has 4 rings (SSSR count). The molecule has 3 amide bonds. The zero-order chi connectivity index (χ0) is 24.2. The van der Waals surface area contributed by atoms with Crippen molar-refractivity contribution in [3.8, 4) is 0 Å². The number of nitrogens with one attached hydrogen (secondary N) is 2. The zero-order valence-electron chi connectivity index (χ0n) is 18.4. The third-order valence-electron chi connectivity index (χ3n) is 5.67. The summed E-state index contributed by atoms with van der Waals surface area (Å²) in [5.74, 6) is -0.644. The van der Waals surface area contributed by atoms with Gasteiger partial charge in [0.05, 0.1) is 11.6 Å². The van der Waals surface area contributed by atoms with Gasteiger partial charge in [0.2, 0.25) is 11.8 Å². The topological polar surface area (TPSA) is 105 Å². The molecule has 1 aliphatic heterocycles. The van der Waals surface area contributed by atoms with Gasteiger partial charge in [-0.3, -0.25) is 19.2 Å². The van der Waals surface area contributed by atoms with Gasteiger partial charge in [-0.2, -0.15) is 0 Å². The Morgan fingerprint density at radius 2 is 1.94 bits per heavy atom. The highest BCUT2D eigenvalue weighted by Crippen LogP contribution is 2.25. The van der Waals surface area contributed by atoms with Crippen molar-refractivity contribution in [2.24, 2.45) is 0 Å². The Kier molecular flexibility index (Phi) is 6.97. The number of benzene rings is 1. The van der Waals surface area contributed by atoms with Crippen molar-refractivity contribution < 1.29 is 14.4 Å². The molecule has 0 saturated carbocycles. The number of carbonyl (C=O) groups is 3. The van der Waals surface area contributed by atoms with Gasteiger partial charge in [-0.1, -0.05) is 28.6 Å². The van der Waals surface area contributed by atoms with Crippen molar-refractivity contribution in [1.29, 1.82) is 0 Å². The van der Waals surface area contributed by atoms with Gasteiger partial charge in [-0.15, -0.1) is 0 Å². The van der Waals surface area contributed by atoms with Crippen molar-refractivity contribution in [1.82, 2.24) is 24.7 Å². The number of carbonyl (C=O) groups excluding carboxylic acids is 3. The Hall–Kier alpha value is -3.66. The maximum Gasteiger partial charge on any atom is 0.253 e. The van der Waals surface area contributed by atoms with Crippen LogP contribution in [0.4, 0.5) is 0 Å². The number of fused-ring (bicyclic) bond motifs is 1. The highest BCUT2D eigenvalue weighted by molar-refractivity contribution is 9.10. The Balaban J connectivity index is 1.43. The lowest BCUT2D eigenvalue weighted by Crippen LogP contribution is -2.61. The fourth-order valence-corrected chi connectivity index (χ4v) is 4.28. The van der Waals surface area contributed by atoms with E-state index in [1.807, 2.05) is 18.2 Å². The molecule has 34 heavy (non-hydrogen) atoms. The SMILES string of the molecule is C=CC(=O)N1CC(NC(=O)Cn2cc(C(=O)NCCn3ccccc3=O)c3cc(Br)ccc32)C1. The number of aromatic nitrogens is 2. The van der Waals surface area contributed by atoms with Crippen molar-refractivity contribution >= 4 is 44.6 Å². The van der Waals surface area contributed by atoms with Crippen molar-refractivity contribution in [3.63, 3.8) is 0 Å². The molecule has 0 unspecified atom stereocenters. The van der Waals surface area contributed by atoms with Crippen molar-refractivity contribution in [3.05, 3.63) is 81.8 Å². The molecule has 2 N–H and O–H groups in total. The molecule has 0 aliphatic carbocycles. The fourth-order valence-electron chi connectivity index (χ4n) is 3.92. The van der Waals surface area contributed by atoms with E-state index in [0.717, 1.165) is 9.99 Å². The van der Waals surface area contributed by atoms with Crippen molar-refractivity contribution in [2.75, 3.05) is 19.6 Å². The minimum Gasteiger partial charge on any atom is -0.350 e. The summed E-state index contributed by atoms with van der Waals surface area (Å²) in [4.78, 5) is 50.5. The number of hydrogen-bond acceptors (Lipinski definition) is 4. The normalized spacial score (nSPS) is 13.4. The second kappa shape index (κ2) is 10.1. The van der Waals surface area contributed by atoms with Crippen LogP contribution in [0.1, 0.15) is 10.4 Å². The van der Waals surface area contributed by atoms with Crippen LogP contribution in [0.15, 0.2) is 70.7 Å². The number of likely N-dealkylation sites (tertiary alicyclic amines) is 1. The van der Waals surface area contributed by atoms with E-state index in [2.05, 4.69) is 33.1 Å². The van der Waals surface area contributed by atoms with E-state index in [-0.39, 0.29) is 42.4 Å². The third-order valence-corrected chi connectivity index (χ3v) is 6.17. The summed E-state index contributed by atoms with van der Waals surface area (Å²) in [6.45, 7) is 5.04. The monoisotopic (exact) mass is 525 g/mol. The average Bonchev–Trinajstić information content (AvgIpc) is 3.14. The molecule has 1 saturated heterocycles. The second-order valence-electron chi connectivity index (χ2n) is 8.03. The van der Waals surface area contributed by atoms with Gasteiger partial charge in [0, 0.05) is 60.0 Å². The fraction of sp³-hybridized carbons (Fsp3) is 0.250. The number of amides is 3. The van der Waals surface area contributed by atoms with Crippen LogP contribution in [0, 0.1) is 0 Å². The summed E-state index contributed by atoms with van der Waals surface area (Å²) >= 11 is 3.44. The molecule has 0 spiro atoms. The number of nitrogens with zero attached hydrogens (tertiary/aromatic N) is 3. The van der Waals surface area contributed by atoms with Crippen LogP contribution < -0.4 is 16.2 Å². The van der Waals surface area contributed by atoms with Crippen LogP contribution in [0.25, 0.3) is 10.9 Å². The molecular formula is C24H24BrN5O4. The maximum absolute atomic E-state index is 12.9. The van der Waals surface area contributed by atoms with Gasteiger partial charge in [0.25, 0.3) is 11.5 Å². The van der Waals surface area contributed by atoms with Crippen LogP contribution in [0.3, 0.4) is 0 Å². The zero-order valence-corrected chi connectivity index (χ0v) is 20.0. The lowest BCUT2D eigenvalue weighted by atomic mass is 10.1. The molecule has 0 bridgehead atoms. The van der Waals surface area contributed by atoms with E-state index in [1.54, 1.807) is 34.0 Å². The smallest absolute Gasteiger partial charge is 0.253 e. The highest BCUT2D eigenvalue weighted by atomic mass is 79.9. The largest absolute Gasteiger partial charge is 0.350 e. The summed E-state index contributed by atoms with van der Waals surface area (Å²) in [5, 5.41) is 6.48. The Bertz CT molecular complexity index is 1320. The van der Waals surface area contributed by atoms with E-state index < -0.39 is 0 Å². The van der Waals surface area contributed by atoms with E-state index >= 15 is 0 Å². The van der Waals surface area contributed by atoms with Crippen LogP contribution in [0.5, 0.6) is 0 Å². The first-order chi connectivity index (χ1) is 16.4. The van der Waals surface area contributed by atoms with Gasteiger partial charge in [-0.05, 0) is 30.3 Å². The van der Waals surface area contributed by atoms with Crippen LogP contribution in [-0.4, -0.2) is 57.4 Å². The summed E-state index contributed by atoms with van der Waals surface area (Å²) in [6.07, 6.45) is 4.59. The molecule has 176 valence electrons. The predicted octanol–water partition coefficient (Wildman–Crippen LogP) is 1.51. The molecule has 1 aliphatic rings. The Morgan fingerprint density at radius 3 is 2.68 bits per heavy atom. The summed E-state index contributed by atoms with van der Waals surface area (Å²) in [5.41, 5.74) is 1.06. The summed E-state index contributed by atoms with van der Waals surface area (Å²) in [6, 6.07) is 10.3. The molecule has 9 nitrogen and oxygen atoms in total. The molecule has 1 fully saturated rings. The standard InChI is InChI=1S/C24H24BrN5O4/c1-2-22(32)30-12-17(13-30)27-21(31)15-29-14-19(18-11-16(25)6-7-20(18)29)24(34)26-8-10-28-9-4-3-5-23(28)33/h2-7,9,11,14,17H,1,8,10,12-13,15H2,(H,26,34)(H,27,31). The molecular weight excluding hydrogens is 502 g/mol. The first kappa shape index (κ1) is 23.5. The number of halogens is 1. The van der Waals surface area contributed by atoms with Crippen LogP contribution in [-0.2, 0) is 22.7 Å². The van der Waals surface area contributed by atoms with E-state index in [4.69, 9.17) is 0 Å². The van der Waals surface area contributed by atoms with E-state index in [1.165, 1.54) is 16.7 Å². The van der Waals surface area contributed by atoms with Gasteiger partial charge >= 0.3 is 0 Å². The first-order valence-corrected chi connectivity index (χ1v) is 11.6. The van der Waals surface area contributed by atoms with Crippen molar-refractivity contribution in [2.45, 2.75) is 19.1 Å². The molecule has 3 aromatic rings. The first-order valence-electron chi connectivity index (χ1n) is 10.8. The highest BCUT2D eigenvalue weighted by Gasteiger charge is 2.30. The van der Waals surface area contributed by atoms with Gasteiger partial charge < -0.3 is 24.7 Å². The molecule has 10 heteroatoms. The quantitative estimate of drug-likeness (QED) is 0.435. The van der Waals surface area contributed by atoms with Gasteiger partial charge in [-0.25, -0.2) is 0 Å². The third kappa shape index (κ3) is 5.12. The van der Waals surface area contributed by atoms with E-state index in [9.17, 15) is 19.2 Å². The summed E-state index contributed by atoms with van der Waals surface area (Å²) < 4.78 is 4.07. The number of pyridine rings is 1. The Morgan fingerprint density at radius 1 is 1.15 bits per heavy atom. The molecule has 2 aromatic heterocycles. The number of hydrogen-bond donors (Lipinski definition) is 2. The minimum absolute atomic E-state index is 0.0384. The minimum atomic E-state index is -0.288. The molecule has 0 atom stereocenters. The molecule has 1 aromatic carbocycles. The molecule has 0 radical (unpaired) electrons. The lowest BCUT2D eigenvalue weighted by molar-refractivity contribution is -0.133. The van der Waals surface area contributed by atoms with Crippen LogP contribution in [0.2, 0.25) is 0 Å². The second-order valence-corrected chi connectivity index (χ2v) is 8.95. The van der Waals surface area contributed by atoms with Gasteiger partial charge in [0.1, 0.15) is 6.54 Å². The predicted molar refractivity (Wildman–Crippen MR) is 131 cm³/mol. The van der Waals surface area contributed by atoms with Gasteiger partial charge in [0.15, 0.2) is 0 Å². The van der Waals surface area contributed by atoms with Crippen LogP contribution >= 0.6 is 15.9 Å². The molecule has 3 heterocycles. The van der Waals surface area contributed by atoms with E-state index in [0.29, 0.717) is 30.6 Å². The Labute approximate surface area is 204 Å².